The van der Waals surface area contributed by atoms with Crippen molar-refractivity contribution < 1.29 is 9.50 Å². The van der Waals surface area contributed by atoms with Crippen molar-refractivity contribution in [2.45, 2.75) is 26.9 Å². The first kappa shape index (κ1) is 15.9. The van der Waals surface area contributed by atoms with Crippen molar-refractivity contribution in [3.63, 3.8) is 0 Å². The second kappa shape index (κ2) is 8.12. The van der Waals surface area contributed by atoms with Crippen LogP contribution in [-0.4, -0.2) is 37.4 Å². The summed E-state index contributed by atoms with van der Waals surface area (Å²) in [7, 11) is 0. The van der Waals surface area contributed by atoms with Crippen LogP contribution < -0.4 is 10.2 Å². The van der Waals surface area contributed by atoms with Crippen molar-refractivity contribution >= 4 is 5.69 Å². The zero-order chi connectivity index (χ0) is 14.3. The van der Waals surface area contributed by atoms with Crippen LogP contribution in [0.3, 0.4) is 0 Å². The Morgan fingerprint density at radius 2 is 2.05 bits per heavy atom. The van der Waals surface area contributed by atoms with E-state index in [1.807, 2.05) is 17.9 Å². The molecule has 108 valence electrons. The van der Waals surface area contributed by atoms with Gasteiger partial charge in [0.05, 0.1) is 6.10 Å². The molecule has 0 radical (unpaired) electrons. The maximum atomic E-state index is 13.2. The fraction of sp³-hybridized carbons (Fsp3) is 0.600. The van der Waals surface area contributed by atoms with Gasteiger partial charge in [-0.25, -0.2) is 4.39 Å². The number of aliphatic hydroxyl groups excluding tert-OH is 1. The smallest absolute Gasteiger partial charge is 0.125 e. The van der Waals surface area contributed by atoms with Gasteiger partial charge in [0.15, 0.2) is 0 Å². The van der Waals surface area contributed by atoms with Crippen molar-refractivity contribution in [3.05, 3.63) is 30.1 Å². The second-order valence-corrected chi connectivity index (χ2v) is 5.22. The van der Waals surface area contributed by atoms with E-state index in [-0.39, 0.29) is 5.82 Å². The molecule has 0 amide bonds. The van der Waals surface area contributed by atoms with E-state index in [2.05, 4.69) is 19.2 Å². The van der Waals surface area contributed by atoms with Crippen LogP contribution in [0.2, 0.25) is 0 Å². The summed E-state index contributed by atoms with van der Waals surface area (Å²) in [6, 6.07) is 6.48. The Morgan fingerprint density at radius 3 is 2.63 bits per heavy atom. The van der Waals surface area contributed by atoms with Crippen molar-refractivity contribution in [2.75, 3.05) is 31.1 Å². The van der Waals surface area contributed by atoms with Gasteiger partial charge in [-0.05, 0) is 37.6 Å². The highest BCUT2D eigenvalue weighted by atomic mass is 19.1. The monoisotopic (exact) mass is 268 g/mol. The lowest BCUT2D eigenvalue weighted by molar-refractivity contribution is 0.175. The summed E-state index contributed by atoms with van der Waals surface area (Å²) in [5.41, 5.74) is 0.811. The topological polar surface area (TPSA) is 35.5 Å². The van der Waals surface area contributed by atoms with Gasteiger partial charge < -0.3 is 15.3 Å². The number of halogens is 1. The summed E-state index contributed by atoms with van der Waals surface area (Å²) in [4.78, 5) is 1.98. The van der Waals surface area contributed by atoms with E-state index in [1.54, 1.807) is 6.07 Å². The van der Waals surface area contributed by atoms with Gasteiger partial charge in [0, 0.05) is 25.3 Å². The molecule has 0 heterocycles. The molecule has 4 heteroatoms. The molecular formula is C15H25FN2O. The average molecular weight is 268 g/mol. The average Bonchev–Trinajstić information content (AvgIpc) is 2.35. The van der Waals surface area contributed by atoms with Gasteiger partial charge in [-0.1, -0.05) is 19.9 Å². The molecule has 0 bridgehead atoms. The first-order valence-electron chi connectivity index (χ1n) is 6.92. The van der Waals surface area contributed by atoms with Crippen LogP contribution in [0.1, 0.15) is 20.8 Å². The number of nitrogens with zero attached hydrogens (tertiary/aromatic N) is 1. The molecule has 3 nitrogen and oxygen atoms in total. The summed E-state index contributed by atoms with van der Waals surface area (Å²) in [5.74, 6) is 0.320. The van der Waals surface area contributed by atoms with Crippen molar-refractivity contribution in [2.24, 2.45) is 5.92 Å². The highest BCUT2D eigenvalue weighted by Gasteiger charge is 2.11. The molecule has 2 N–H and O–H groups in total. The van der Waals surface area contributed by atoms with Crippen LogP contribution in [-0.2, 0) is 0 Å². The van der Waals surface area contributed by atoms with Gasteiger partial charge in [-0.2, -0.15) is 0 Å². The molecule has 1 aromatic carbocycles. The van der Waals surface area contributed by atoms with Gasteiger partial charge in [0.2, 0.25) is 0 Å². The third kappa shape index (κ3) is 6.03. The summed E-state index contributed by atoms with van der Waals surface area (Å²) in [6.07, 6.45) is -0.457. The van der Waals surface area contributed by atoms with Crippen molar-refractivity contribution in [3.8, 4) is 0 Å². The van der Waals surface area contributed by atoms with Gasteiger partial charge in [0.1, 0.15) is 5.82 Å². The maximum absolute atomic E-state index is 13.2. The molecule has 0 aliphatic heterocycles. The summed E-state index contributed by atoms with van der Waals surface area (Å²) in [6.45, 7) is 8.96. The Hall–Kier alpha value is -1.13. The molecule has 0 fully saturated rings. The zero-order valence-electron chi connectivity index (χ0n) is 12.1. The van der Waals surface area contributed by atoms with Crippen LogP contribution in [0.15, 0.2) is 24.3 Å². The Morgan fingerprint density at radius 1 is 1.32 bits per heavy atom. The number of rotatable bonds is 8. The quantitative estimate of drug-likeness (QED) is 0.759. The number of benzene rings is 1. The van der Waals surface area contributed by atoms with E-state index in [0.717, 1.165) is 18.8 Å². The fourth-order valence-electron chi connectivity index (χ4n) is 1.95. The molecule has 0 aromatic heterocycles. The molecule has 1 rings (SSSR count). The van der Waals surface area contributed by atoms with Gasteiger partial charge in [0.25, 0.3) is 0 Å². The minimum absolute atomic E-state index is 0.247. The number of likely N-dealkylation sites (N-methyl/N-ethyl adjacent to an activating group) is 1. The van der Waals surface area contributed by atoms with Crippen LogP contribution in [0.25, 0.3) is 0 Å². The SMILES string of the molecule is CCN(CC(O)CNCC(C)C)c1cccc(F)c1. The van der Waals surface area contributed by atoms with Crippen LogP contribution in [0.4, 0.5) is 10.1 Å². The number of hydrogen-bond donors (Lipinski definition) is 2. The highest BCUT2D eigenvalue weighted by molar-refractivity contribution is 5.46. The molecule has 1 aromatic rings. The lowest BCUT2D eigenvalue weighted by atomic mass is 10.2. The van der Waals surface area contributed by atoms with Crippen molar-refractivity contribution in [1.29, 1.82) is 0 Å². The molecule has 0 aliphatic carbocycles. The molecular weight excluding hydrogens is 243 g/mol. The molecule has 1 atom stereocenters. The minimum Gasteiger partial charge on any atom is -0.390 e. The molecule has 0 saturated heterocycles. The van der Waals surface area contributed by atoms with Gasteiger partial charge in [-0.15, -0.1) is 0 Å². The molecule has 0 spiro atoms. The fourth-order valence-corrected chi connectivity index (χ4v) is 1.95. The summed E-state index contributed by atoms with van der Waals surface area (Å²) >= 11 is 0. The van der Waals surface area contributed by atoms with E-state index in [9.17, 15) is 9.50 Å². The largest absolute Gasteiger partial charge is 0.390 e. The minimum atomic E-state index is -0.457. The predicted octanol–water partition coefficient (Wildman–Crippen LogP) is 2.26. The van der Waals surface area contributed by atoms with Crippen LogP contribution in [0, 0.1) is 11.7 Å². The first-order valence-corrected chi connectivity index (χ1v) is 6.92. The van der Waals surface area contributed by atoms with E-state index >= 15 is 0 Å². The second-order valence-electron chi connectivity index (χ2n) is 5.22. The van der Waals surface area contributed by atoms with Gasteiger partial charge in [-0.3, -0.25) is 0 Å². The normalized spacial score (nSPS) is 12.7. The lowest BCUT2D eigenvalue weighted by Crippen LogP contribution is -2.39. The van der Waals surface area contributed by atoms with Crippen molar-refractivity contribution in [1.82, 2.24) is 5.32 Å². The van der Waals surface area contributed by atoms with E-state index in [1.165, 1.54) is 12.1 Å². The number of nitrogens with one attached hydrogen (secondary N) is 1. The molecule has 19 heavy (non-hydrogen) atoms. The Balaban J connectivity index is 2.47. The van der Waals surface area contributed by atoms with E-state index in [0.29, 0.717) is 19.0 Å². The summed E-state index contributed by atoms with van der Waals surface area (Å²) in [5, 5.41) is 13.2. The third-order valence-corrected chi connectivity index (χ3v) is 2.92. The molecule has 1 unspecified atom stereocenters. The molecule has 0 saturated carbocycles. The Labute approximate surface area is 115 Å². The number of hydrogen-bond acceptors (Lipinski definition) is 3. The number of anilines is 1. The van der Waals surface area contributed by atoms with Crippen LogP contribution >= 0.6 is 0 Å². The Bertz CT molecular complexity index is 371. The standard InChI is InChI=1S/C15H25FN2O/c1-4-18(14-7-5-6-13(16)8-14)11-15(19)10-17-9-12(2)3/h5-8,12,15,17,19H,4,9-11H2,1-3H3. The van der Waals surface area contributed by atoms with E-state index < -0.39 is 6.10 Å². The first-order chi connectivity index (χ1) is 9.02. The highest BCUT2D eigenvalue weighted by Crippen LogP contribution is 2.15. The molecule has 0 aliphatic rings. The predicted molar refractivity (Wildman–Crippen MR) is 78.0 cm³/mol. The van der Waals surface area contributed by atoms with Gasteiger partial charge >= 0.3 is 0 Å². The lowest BCUT2D eigenvalue weighted by Gasteiger charge is -2.26. The number of aliphatic hydroxyl groups is 1. The van der Waals surface area contributed by atoms with Crippen LogP contribution in [0.5, 0.6) is 0 Å². The zero-order valence-corrected chi connectivity index (χ0v) is 12.1. The summed E-state index contributed by atoms with van der Waals surface area (Å²) < 4.78 is 13.2. The maximum Gasteiger partial charge on any atom is 0.125 e. The Kier molecular flexibility index (Phi) is 6.81. The van der Waals surface area contributed by atoms with E-state index in [4.69, 9.17) is 0 Å². The third-order valence-electron chi connectivity index (χ3n) is 2.92.